The standard InChI is InChI=1S/C28H38N4Si2/c1-33(2,3)21-29-19-31(27-16-9-7-14-25(27)29)23-12-11-13-24(18-23)32-20-30(22-34(4,5)6)26-15-8-10-17-28(26)32/h7-18H,19-22H2,1-6H3. The van der Waals surface area contributed by atoms with Gasteiger partial charge in [0, 0.05) is 23.7 Å². The smallest absolute Gasteiger partial charge is 0.0950 e. The van der Waals surface area contributed by atoms with Gasteiger partial charge in [-0.25, -0.2) is 0 Å². The van der Waals surface area contributed by atoms with Crippen molar-refractivity contribution in [1.29, 1.82) is 0 Å². The second-order valence-corrected chi connectivity index (χ2v) is 23.0. The molecular weight excluding hydrogens is 449 g/mol. The summed E-state index contributed by atoms with van der Waals surface area (Å²) < 4.78 is 0. The molecule has 0 fully saturated rings. The van der Waals surface area contributed by atoms with Gasteiger partial charge in [-0.1, -0.05) is 69.6 Å². The van der Waals surface area contributed by atoms with Crippen molar-refractivity contribution in [3.63, 3.8) is 0 Å². The Balaban J connectivity index is 1.47. The molecule has 4 nitrogen and oxygen atoms in total. The van der Waals surface area contributed by atoms with Gasteiger partial charge in [-0.2, -0.15) is 0 Å². The molecule has 34 heavy (non-hydrogen) atoms. The van der Waals surface area contributed by atoms with E-state index < -0.39 is 16.1 Å². The molecule has 5 rings (SSSR count). The quantitative estimate of drug-likeness (QED) is 0.340. The molecule has 2 aliphatic rings. The number of para-hydroxylation sites is 4. The highest BCUT2D eigenvalue weighted by Gasteiger charge is 2.32. The molecule has 0 saturated heterocycles. The molecule has 3 aromatic carbocycles. The summed E-state index contributed by atoms with van der Waals surface area (Å²) >= 11 is 0. The Kier molecular flexibility index (Phi) is 5.77. The van der Waals surface area contributed by atoms with Crippen molar-refractivity contribution < 1.29 is 0 Å². The first-order valence-corrected chi connectivity index (χ1v) is 19.8. The van der Waals surface area contributed by atoms with Crippen LogP contribution < -0.4 is 19.6 Å². The highest BCUT2D eigenvalue weighted by molar-refractivity contribution is 6.77. The van der Waals surface area contributed by atoms with Gasteiger partial charge in [-0.05, 0) is 42.5 Å². The third-order valence-corrected chi connectivity index (χ3v) is 9.09. The molecule has 0 amide bonds. The molecule has 0 bridgehead atoms. The molecule has 0 aliphatic carbocycles. The predicted octanol–water partition coefficient (Wildman–Crippen LogP) is 7.27. The molecule has 3 aromatic rings. The molecule has 0 spiro atoms. The van der Waals surface area contributed by atoms with E-state index in [-0.39, 0.29) is 0 Å². The first-order chi connectivity index (χ1) is 16.1. The van der Waals surface area contributed by atoms with Crippen LogP contribution in [0.3, 0.4) is 0 Å². The van der Waals surface area contributed by atoms with Crippen molar-refractivity contribution in [1.82, 2.24) is 0 Å². The molecule has 6 heteroatoms. The molecule has 0 atom stereocenters. The van der Waals surface area contributed by atoms with E-state index in [9.17, 15) is 0 Å². The Morgan fingerprint density at radius 2 is 0.912 bits per heavy atom. The average Bonchev–Trinajstić information content (AvgIpc) is 3.31. The molecule has 0 unspecified atom stereocenters. The molecule has 0 N–H and O–H groups in total. The van der Waals surface area contributed by atoms with E-state index in [4.69, 9.17) is 0 Å². The van der Waals surface area contributed by atoms with E-state index in [1.54, 1.807) is 0 Å². The Morgan fingerprint density at radius 1 is 0.529 bits per heavy atom. The van der Waals surface area contributed by atoms with Crippen LogP contribution in [0.25, 0.3) is 0 Å². The number of fused-ring (bicyclic) bond motifs is 2. The minimum atomic E-state index is -1.23. The third kappa shape index (κ3) is 4.61. The fraction of sp³-hybridized carbons (Fsp3) is 0.357. The fourth-order valence-electron chi connectivity index (χ4n) is 5.25. The maximum absolute atomic E-state index is 2.58. The van der Waals surface area contributed by atoms with Crippen LogP contribution in [0.2, 0.25) is 39.3 Å². The second-order valence-electron chi connectivity index (χ2n) is 12.2. The minimum Gasteiger partial charge on any atom is -0.355 e. The van der Waals surface area contributed by atoms with E-state index in [1.165, 1.54) is 46.5 Å². The van der Waals surface area contributed by atoms with Crippen LogP contribution in [-0.2, 0) is 0 Å². The summed E-state index contributed by atoms with van der Waals surface area (Å²) in [4.78, 5) is 10.1. The normalized spacial score (nSPS) is 15.7. The van der Waals surface area contributed by atoms with Gasteiger partial charge in [0.25, 0.3) is 0 Å². The molecule has 2 aliphatic heterocycles. The highest BCUT2D eigenvalue weighted by atomic mass is 28.3. The zero-order chi connectivity index (χ0) is 24.1. The minimum absolute atomic E-state index is 0.922. The SMILES string of the molecule is C[Si](C)(C)CN1CN(c2cccc(N3CN(C[Si](C)(C)C)c4ccccc43)c2)c2ccccc21. The number of hydrogen-bond acceptors (Lipinski definition) is 4. The average molecular weight is 487 g/mol. The summed E-state index contributed by atoms with van der Waals surface area (Å²) in [6.07, 6.45) is 2.34. The van der Waals surface area contributed by atoms with Crippen molar-refractivity contribution in [3.8, 4) is 0 Å². The van der Waals surface area contributed by atoms with Crippen LogP contribution in [0.4, 0.5) is 34.1 Å². The maximum atomic E-state index is 2.58. The summed E-state index contributed by atoms with van der Waals surface area (Å²) in [7, 11) is -2.46. The Bertz CT molecular complexity index is 1090. The molecule has 2 heterocycles. The number of nitrogens with zero attached hydrogens (tertiary/aromatic N) is 4. The van der Waals surface area contributed by atoms with Gasteiger partial charge >= 0.3 is 0 Å². The maximum Gasteiger partial charge on any atom is 0.0950 e. The lowest BCUT2D eigenvalue weighted by Gasteiger charge is -2.29. The Morgan fingerprint density at radius 3 is 1.29 bits per heavy atom. The number of rotatable bonds is 6. The fourth-order valence-corrected chi connectivity index (χ4v) is 8.08. The highest BCUT2D eigenvalue weighted by Crippen LogP contribution is 2.44. The lowest BCUT2D eigenvalue weighted by atomic mass is 10.2. The van der Waals surface area contributed by atoms with Crippen LogP contribution in [-0.4, -0.2) is 41.8 Å². The first kappa shape index (κ1) is 23.1. The zero-order valence-electron chi connectivity index (χ0n) is 21.5. The summed E-state index contributed by atoms with van der Waals surface area (Å²) in [5, 5.41) is 0. The Labute approximate surface area is 207 Å². The van der Waals surface area contributed by atoms with E-state index in [2.05, 4.69) is 132 Å². The van der Waals surface area contributed by atoms with Gasteiger partial charge in [0.05, 0.1) is 52.2 Å². The lowest BCUT2D eigenvalue weighted by molar-refractivity contribution is 0.906. The topological polar surface area (TPSA) is 13.0 Å². The molecular formula is C28H38N4Si2. The number of hydrogen-bond donors (Lipinski definition) is 0. The number of anilines is 6. The van der Waals surface area contributed by atoms with Crippen molar-refractivity contribution in [2.45, 2.75) is 39.3 Å². The molecule has 0 saturated carbocycles. The zero-order valence-corrected chi connectivity index (χ0v) is 23.5. The Hall–Kier alpha value is -2.71. The second kappa shape index (κ2) is 8.50. The van der Waals surface area contributed by atoms with Crippen molar-refractivity contribution in [2.75, 3.05) is 45.3 Å². The van der Waals surface area contributed by atoms with Crippen molar-refractivity contribution in [2.24, 2.45) is 0 Å². The largest absolute Gasteiger partial charge is 0.355 e. The van der Waals surface area contributed by atoms with E-state index in [0.717, 1.165) is 13.3 Å². The van der Waals surface area contributed by atoms with Crippen molar-refractivity contribution >= 4 is 50.3 Å². The molecule has 0 aromatic heterocycles. The van der Waals surface area contributed by atoms with Gasteiger partial charge < -0.3 is 19.6 Å². The van der Waals surface area contributed by atoms with Crippen LogP contribution in [0.15, 0.2) is 72.8 Å². The van der Waals surface area contributed by atoms with Gasteiger partial charge in [0.1, 0.15) is 0 Å². The van der Waals surface area contributed by atoms with Crippen LogP contribution in [0.1, 0.15) is 0 Å². The van der Waals surface area contributed by atoms with Crippen molar-refractivity contribution in [3.05, 3.63) is 72.8 Å². The van der Waals surface area contributed by atoms with E-state index in [1.807, 2.05) is 0 Å². The molecule has 0 radical (unpaired) electrons. The van der Waals surface area contributed by atoms with Gasteiger partial charge in [-0.15, -0.1) is 0 Å². The predicted molar refractivity (Wildman–Crippen MR) is 155 cm³/mol. The lowest BCUT2D eigenvalue weighted by Crippen LogP contribution is -2.41. The van der Waals surface area contributed by atoms with E-state index in [0.29, 0.717) is 0 Å². The monoisotopic (exact) mass is 486 g/mol. The van der Waals surface area contributed by atoms with Gasteiger partial charge in [0.2, 0.25) is 0 Å². The number of benzene rings is 3. The van der Waals surface area contributed by atoms with Crippen LogP contribution in [0.5, 0.6) is 0 Å². The van der Waals surface area contributed by atoms with E-state index >= 15 is 0 Å². The first-order valence-electron chi connectivity index (χ1n) is 12.4. The molecule has 178 valence electrons. The summed E-state index contributed by atoms with van der Waals surface area (Å²) in [6, 6.07) is 26.9. The van der Waals surface area contributed by atoms with Gasteiger partial charge in [0.15, 0.2) is 0 Å². The summed E-state index contributed by atoms with van der Waals surface area (Å²) in [5.41, 5.74) is 7.90. The van der Waals surface area contributed by atoms with Gasteiger partial charge in [-0.3, -0.25) is 0 Å². The third-order valence-electron chi connectivity index (χ3n) is 6.43. The summed E-state index contributed by atoms with van der Waals surface area (Å²) in [6.45, 7) is 16.6. The van der Waals surface area contributed by atoms with Crippen LogP contribution in [0, 0.1) is 0 Å². The van der Waals surface area contributed by atoms with Crippen LogP contribution >= 0.6 is 0 Å². The summed E-state index contributed by atoms with van der Waals surface area (Å²) in [5.74, 6) is 0.